The predicted octanol–water partition coefficient (Wildman–Crippen LogP) is 1.41. The lowest BCUT2D eigenvalue weighted by Crippen LogP contribution is -2.38. The molecule has 5 heteroatoms. The highest BCUT2D eigenvalue weighted by Gasteiger charge is 2.17. The zero-order valence-electron chi connectivity index (χ0n) is 11.3. The fraction of sp³-hybridized carbons (Fsp3) is 0.400. The second kappa shape index (κ2) is 5.45. The van der Waals surface area contributed by atoms with Gasteiger partial charge in [-0.15, -0.1) is 0 Å². The van der Waals surface area contributed by atoms with Crippen LogP contribution in [0.25, 0.3) is 10.9 Å². The zero-order valence-corrected chi connectivity index (χ0v) is 11.3. The van der Waals surface area contributed by atoms with Gasteiger partial charge < -0.3 is 4.90 Å². The second-order valence-corrected chi connectivity index (χ2v) is 5.13. The molecule has 5 nitrogen and oxygen atoms in total. The van der Waals surface area contributed by atoms with Crippen LogP contribution in [-0.4, -0.2) is 33.7 Å². The van der Waals surface area contributed by atoms with Crippen LogP contribution in [0.15, 0.2) is 35.3 Å². The van der Waals surface area contributed by atoms with E-state index < -0.39 is 0 Å². The summed E-state index contributed by atoms with van der Waals surface area (Å²) in [7, 11) is 0. The summed E-state index contributed by atoms with van der Waals surface area (Å²) in [6, 6.07) is 7.26. The van der Waals surface area contributed by atoms with Crippen LogP contribution in [0.1, 0.15) is 19.3 Å². The van der Waals surface area contributed by atoms with E-state index in [1.165, 1.54) is 12.6 Å². The molecule has 1 amide bonds. The van der Waals surface area contributed by atoms with Gasteiger partial charge >= 0.3 is 0 Å². The smallest absolute Gasteiger partial charge is 0.244 e. The monoisotopic (exact) mass is 271 g/mol. The number of nitrogens with zero attached hydrogens (tertiary/aromatic N) is 3. The van der Waals surface area contributed by atoms with Crippen LogP contribution < -0.4 is 5.43 Å². The van der Waals surface area contributed by atoms with Gasteiger partial charge in [0.05, 0.1) is 11.7 Å². The molecule has 1 aromatic heterocycles. The quantitative estimate of drug-likeness (QED) is 0.830. The van der Waals surface area contributed by atoms with Crippen LogP contribution >= 0.6 is 0 Å². The Bertz CT molecular complexity index is 687. The van der Waals surface area contributed by atoms with Gasteiger partial charge in [0, 0.05) is 18.5 Å². The third kappa shape index (κ3) is 2.43. The van der Waals surface area contributed by atoms with Crippen molar-refractivity contribution in [3.8, 4) is 0 Å². The molecule has 0 spiro atoms. The number of aromatic nitrogens is 2. The number of piperidine rings is 1. The van der Waals surface area contributed by atoms with E-state index in [1.54, 1.807) is 10.7 Å². The van der Waals surface area contributed by atoms with E-state index in [0.717, 1.165) is 25.9 Å². The maximum absolute atomic E-state index is 12.3. The first kappa shape index (κ1) is 12.8. The molecule has 20 heavy (non-hydrogen) atoms. The van der Waals surface area contributed by atoms with E-state index >= 15 is 0 Å². The molecule has 1 aromatic carbocycles. The topological polar surface area (TPSA) is 55.2 Å². The second-order valence-electron chi connectivity index (χ2n) is 5.13. The van der Waals surface area contributed by atoms with Crippen molar-refractivity contribution in [2.75, 3.05) is 13.1 Å². The lowest BCUT2D eigenvalue weighted by atomic mass is 10.1. The molecule has 1 aliphatic heterocycles. The number of hydrogen-bond donors (Lipinski definition) is 0. The Hall–Kier alpha value is -2.17. The zero-order chi connectivity index (χ0) is 13.9. The summed E-state index contributed by atoms with van der Waals surface area (Å²) in [5, 5.41) is 4.70. The van der Waals surface area contributed by atoms with Crippen LogP contribution in [0.4, 0.5) is 0 Å². The number of carbonyl (C=O) groups is 1. The van der Waals surface area contributed by atoms with E-state index in [1.807, 2.05) is 23.1 Å². The van der Waals surface area contributed by atoms with Crippen LogP contribution in [0.2, 0.25) is 0 Å². The Morgan fingerprint density at radius 1 is 1.15 bits per heavy atom. The summed E-state index contributed by atoms with van der Waals surface area (Å²) in [5.74, 6) is 0.0750. The predicted molar refractivity (Wildman–Crippen MR) is 76.4 cm³/mol. The number of benzene rings is 1. The van der Waals surface area contributed by atoms with E-state index in [0.29, 0.717) is 10.9 Å². The van der Waals surface area contributed by atoms with Gasteiger partial charge in [-0.1, -0.05) is 12.1 Å². The maximum Gasteiger partial charge on any atom is 0.244 e. The van der Waals surface area contributed by atoms with Crippen LogP contribution in [-0.2, 0) is 11.3 Å². The molecule has 2 aromatic rings. The van der Waals surface area contributed by atoms with Crippen molar-refractivity contribution < 1.29 is 4.79 Å². The van der Waals surface area contributed by atoms with Crippen LogP contribution in [0, 0.1) is 0 Å². The standard InChI is InChI=1S/C15H17N3O2/c19-14-10-16-18(13-7-3-2-6-12(13)14)11-15(20)17-8-4-1-5-9-17/h2-3,6-7,10H,1,4-5,8-9,11H2. The van der Waals surface area contributed by atoms with Gasteiger partial charge in [0.2, 0.25) is 11.3 Å². The fourth-order valence-electron chi connectivity index (χ4n) is 2.66. The molecule has 0 aliphatic carbocycles. The highest BCUT2D eigenvalue weighted by Crippen LogP contribution is 2.11. The highest BCUT2D eigenvalue weighted by molar-refractivity contribution is 5.81. The number of para-hydroxylation sites is 1. The van der Waals surface area contributed by atoms with Gasteiger partial charge in [-0.3, -0.25) is 14.3 Å². The van der Waals surface area contributed by atoms with Crippen molar-refractivity contribution in [3.63, 3.8) is 0 Å². The Balaban J connectivity index is 1.89. The molecule has 0 radical (unpaired) electrons. The number of fused-ring (bicyclic) bond motifs is 1. The summed E-state index contributed by atoms with van der Waals surface area (Å²) in [4.78, 5) is 25.9. The molecule has 1 aliphatic rings. The molecule has 104 valence electrons. The summed E-state index contributed by atoms with van der Waals surface area (Å²) >= 11 is 0. The summed E-state index contributed by atoms with van der Waals surface area (Å²) in [6.45, 7) is 1.86. The Kier molecular flexibility index (Phi) is 3.50. The van der Waals surface area contributed by atoms with Crippen molar-refractivity contribution in [2.24, 2.45) is 0 Å². The SMILES string of the molecule is O=C(Cn1ncc(=O)c2ccccc21)N1CCCCC1. The van der Waals surface area contributed by atoms with Crippen molar-refractivity contribution >= 4 is 16.8 Å². The molecular weight excluding hydrogens is 254 g/mol. The summed E-state index contributed by atoms with van der Waals surface area (Å²) in [6.07, 6.45) is 4.63. The summed E-state index contributed by atoms with van der Waals surface area (Å²) in [5.41, 5.74) is 0.604. The van der Waals surface area contributed by atoms with Gasteiger partial charge in [0.15, 0.2) is 0 Å². The minimum absolute atomic E-state index is 0.0750. The molecule has 3 rings (SSSR count). The third-order valence-corrected chi connectivity index (χ3v) is 3.76. The number of amides is 1. The maximum atomic E-state index is 12.3. The molecule has 1 saturated heterocycles. The number of hydrogen-bond acceptors (Lipinski definition) is 3. The normalized spacial score (nSPS) is 15.5. The minimum atomic E-state index is -0.109. The van der Waals surface area contributed by atoms with E-state index in [9.17, 15) is 9.59 Å². The molecule has 0 saturated carbocycles. The largest absolute Gasteiger partial charge is 0.341 e. The van der Waals surface area contributed by atoms with Crippen molar-refractivity contribution in [1.82, 2.24) is 14.7 Å². The van der Waals surface area contributed by atoms with E-state index in [4.69, 9.17) is 0 Å². The lowest BCUT2D eigenvalue weighted by Gasteiger charge is -2.27. The Labute approximate surface area is 116 Å². The Morgan fingerprint density at radius 2 is 1.90 bits per heavy atom. The van der Waals surface area contributed by atoms with Gasteiger partial charge in [-0.2, -0.15) is 5.10 Å². The molecule has 0 bridgehead atoms. The molecular formula is C15H17N3O2. The average molecular weight is 271 g/mol. The number of carbonyl (C=O) groups excluding carboxylic acids is 1. The van der Waals surface area contributed by atoms with Crippen molar-refractivity contribution in [2.45, 2.75) is 25.8 Å². The first-order valence-corrected chi connectivity index (χ1v) is 6.98. The van der Waals surface area contributed by atoms with Gasteiger partial charge in [-0.25, -0.2) is 0 Å². The molecule has 0 N–H and O–H groups in total. The molecule has 1 fully saturated rings. The summed E-state index contributed by atoms with van der Waals surface area (Å²) < 4.78 is 1.62. The van der Waals surface area contributed by atoms with Crippen LogP contribution in [0.3, 0.4) is 0 Å². The number of rotatable bonds is 2. The highest BCUT2D eigenvalue weighted by atomic mass is 16.2. The lowest BCUT2D eigenvalue weighted by molar-refractivity contribution is -0.132. The first-order valence-electron chi connectivity index (χ1n) is 6.98. The first-order chi connectivity index (χ1) is 9.75. The van der Waals surface area contributed by atoms with Crippen LogP contribution in [0.5, 0.6) is 0 Å². The average Bonchev–Trinajstić information content (AvgIpc) is 2.51. The molecule has 2 heterocycles. The fourth-order valence-corrected chi connectivity index (χ4v) is 2.66. The van der Waals surface area contributed by atoms with Crippen molar-refractivity contribution in [3.05, 3.63) is 40.7 Å². The van der Waals surface area contributed by atoms with Gasteiger partial charge in [-0.05, 0) is 31.4 Å². The third-order valence-electron chi connectivity index (χ3n) is 3.76. The van der Waals surface area contributed by atoms with Crippen molar-refractivity contribution in [1.29, 1.82) is 0 Å². The van der Waals surface area contributed by atoms with Gasteiger partial charge in [0.25, 0.3) is 0 Å². The minimum Gasteiger partial charge on any atom is -0.341 e. The Morgan fingerprint density at radius 3 is 2.70 bits per heavy atom. The van der Waals surface area contributed by atoms with E-state index in [-0.39, 0.29) is 17.9 Å². The molecule has 0 atom stereocenters. The van der Waals surface area contributed by atoms with Gasteiger partial charge in [0.1, 0.15) is 6.54 Å². The van der Waals surface area contributed by atoms with E-state index in [2.05, 4.69) is 5.10 Å². The molecule has 0 unspecified atom stereocenters. The number of likely N-dealkylation sites (tertiary alicyclic amines) is 1.